The van der Waals surface area contributed by atoms with Crippen LogP contribution in [0.2, 0.25) is 0 Å². The van der Waals surface area contributed by atoms with Crippen LogP contribution < -0.4 is 5.73 Å². The van der Waals surface area contributed by atoms with E-state index in [1.54, 1.807) is 18.2 Å². The number of hydrogen-bond donors (Lipinski definition) is 1. The maximum absolute atomic E-state index is 11.1. The molecule has 21 heavy (non-hydrogen) atoms. The number of nitro groups is 1. The Balaban J connectivity index is 2.23. The van der Waals surface area contributed by atoms with Gasteiger partial charge in [0.15, 0.2) is 5.69 Å². The Kier molecular flexibility index (Phi) is 2.94. The molecule has 1 aromatic carbocycles. The fourth-order valence-corrected chi connectivity index (χ4v) is 2.11. The standard InChI is InChI=1S/C14H11N5O2/c1-8-2-3-9-6-10(4-5-11(9)17-8)13-12(19(20)21)7-16-14(15)18-13/h2-7H,1H3,(H2,15,16,18). The maximum Gasteiger partial charge on any atom is 0.313 e. The number of nitrogen functional groups attached to an aromatic ring is 1. The first-order valence-corrected chi connectivity index (χ1v) is 6.19. The second-order valence-electron chi connectivity index (χ2n) is 4.58. The van der Waals surface area contributed by atoms with E-state index in [0.29, 0.717) is 5.56 Å². The number of pyridine rings is 1. The zero-order chi connectivity index (χ0) is 15.0. The third-order valence-corrected chi connectivity index (χ3v) is 3.09. The highest BCUT2D eigenvalue weighted by atomic mass is 16.6. The molecule has 2 N–H and O–H groups in total. The first-order chi connectivity index (χ1) is 10.0. The van der Waals surface area contributed by atoms with Crippen molar-refractivity contribution in [2.24, 2.45) is 0 Å². The van der Waals surface area contributed by atoms with Gasteiger partial charge in [0.1, 0.15) is 6.20 Å². The first-order valence-electron chi connectivity index (χ1n) is 6.19. The van der Waals surface area contributed by atoms with E-state index in [1.165, 1.54) is 0 Å². The lowest BCUT2D eigenvalue weighted by molar-refractivity contribution is -0.384. The molecule has 3 rings (SSSR count). The number of fused-ring (bicyclic) bond motifs is 1. The number of aromatic nitrogens is 3. The predicted octanol–water partition coefficient (Wildman–Crippen LogP) is 2.49. The van der Waals surface area contributed by atoms with Crippen LogP contribution in [0.1, 0.15) is 5.69 Å². The van der Waals surface area contributed by atoms with Crippen molar-refractivity contribution in [1.82, 2.24) is 15.0 Å². The topological polar surface area (TPSA) is 108 Å². The van der Waals surface area contributed by atoms with E-state index in [4.69, 9.17) is 5.73 Å². The summed E-state index contributed by atoms with van der Waals surface area (Å²) in [6, 6.07) is 9.15. The minimum atomic E-state index is -0.521. The van der Waals surface area contributed by atoms with Gasteiger partial charge in [-0.15, -0.1) is 0 Å². The number of benzene rings is 1. The molecule has 7 heteroatoms. The number of nitrogens with two attached hydrogens (primary N) is 1. The van der Waals surface area contributed by atoms with Crippen molar-refractivity contribution in [3.63, 3.8) is 0 Å². The van der Waals surface area contributed by atoms with E-state index in [-0.39, 0.29) is 17.3 Å². The summed E-state index contributed by atoms with van der Waals surface area (Å²) in [4.78, 5) is 22.6. The summed E-state index contributed by atoms with van der Waals surface area (Å²) in [5, 5.41) is 12.0. The largest absolute Gasteiger partial charge is 0.368 e. The van der Waals surface area contributed by atoms with Crippen LogP contribution in [0, 0.1) is 17.0 Å². The van der Waals surface area contributed by atoms with Gasteiger partial charge in [-0.1, -0.05) is 12.1 Å². The quantitative estimate of drug-likeness (QED) is 0.571. The zero-order valence-corrected chi connectivity index (χ0v) is 11.1. The molecule has 0 aliphatic carbocycles. The third-order valence-electron chi connectivity index (χ3n) is 3.09. The van der Waals surface area contributed by atoms with Crippen molar-refractivity contribution in [1.29, 1.82) is 0 Å². The van der Waals surface area contributed by atoms with Gasteiger partial charge in [-0.05, 0) is 25.1 Å². The molecule has 0 aliphatic heterocycles. The summed E-state index contributed by atoms with van der Waals surface area (Å²) in [5.74, 6) is -0.00210. The summed E-state index contributed by atoms with van der Waals surface area (Å²) in [5.41, 5.74) is 7.90. The Morgan fingerprint density at radius 3 is 2.76 bits per heavy atom. The SMILES string of the molecule is Cc1ccc2cc(-c3nc(N)ncc3[N+](=O)[O-])ccc2n1. The normalized spacial score (nSPS) is 10.7. The second kappa shape index (κ2) is 4.78. The molecule has 7 nitrogen and oxygen atoms in total. The number of nitrogens with zero attached hydrogens (tertiary/aromatic N) is 4. The Bertz CT molecular complexity index is 863. The van der Waals surface area contributed by atoms with Crippen LogP contribution >= 0.6 is 0 Å². The van der Waals surface area contributed by atoms with E-state index >= 15 is 0 Å². The van der Waals surface area contributed by atoms with Gasteiger partial charge in [-0.3, -0.25) is 15.1 Å². The zero-order valence-electron chi connectivity index (χ0n) is 11.1. The van der Waals surface area contributed by atoms with Crippen LogP contribution in [0.15, 0.2) is 36.5 Å². The number of rotatable bonds is 2. The number of aryl methyl sites for hydroxylation is 1. The molecule has 104 valence electrons. The van der Waals surface area contributed by atoms with Gasteiger partial charge in [0, 0.05) is 16.6 Å². The fourth-order valence-electron chi connectivity index (χ4n) is 2.11. The molecule has 0 aliphatic rings. The highest BCUT2D eigenvalue weighted by Crippen LogP contribution is 2.29. The molecular formula is C14H11N5O2. The summed E-state index contributed by atoms with van der Waals surface area (Å²) in [6.45, 7) is 1.91. The van der Waals surface area contributed by atoms with Crippen molar-refractivity contribution in [2.45, 2.75) is 6.92 Å². The molecular weight excluding hydrogens is 270 g/mol. The Morgan fingerprint density at radius 2 is 2.00 bits per heavy atom. The van der Waals surface area contributed by atoms with Gasteiger partial charge in [0.2, 0.25) is 5.95 Å². The summed E-state index contributed by atoms with van der Waals surface area (Å²) in [6.07, 6.45) is 1.12. The van der Waals surface area contributed by atoms with E-state index < -0.39 is 4.92 Å². The van der Waals surface area contributed by atoms with Gasteiger partial charge in [-0.2, -0.15) is 0 Å². The Hall–Kier alpha value is -3.09. The lowest BCUT2D eigenvalue weighted by Gasteiger charge is -2.05. The Morgan fingerprint density at radius 1 is 1.19 bits per heavy atom. The van der Waals surface area contributed by atoms with E-state index in [9.17, 15) is 10.1 Å². The smallest absolute Gasteiger partial charge is 0.313 e. The van der Waals surface area contributed by atoms with E-state index in [1.807, 2.05) is 19.1 Å². The number of anilines is 1. The van der Waals surface area contributed by atoms with Crippen LogP contribution in [0.4, 0.5) is 11.6 Å². The summed E-state index contributed by atoms with van der Waals surface area (Å²) >= 11 is 0. The maximum atomic E-state index is 11.1. The van der Waals surface area contributed by atoms with Crippen molar-refractivity contribution in [2.75, 3.05) is 5.73 Å². The average molecular weight is 281 g/mol. The van der Waals surface area contributed by atoms with Gasteiger partial charge < -0.3 is 5.73 Å². The molecule has 0 fully saturated rings. The summed E-state index contributed by atoms with van der Waals surface area (Å²) in [7, 11) is 0. The molecule has 2 heterocycles. The van der Waals surface area contributed by atoms with Crippen molar-refractivity contribution >= 4 is 22.5 Å². The van der Waals surface area contributed by atoms with E-state index in [0.717, 1.165) is 22.8 Å². The molecule has 0 unspecified atom stereocenters. The van der Waals surface area contributed by atoms with Crippen LogP contribution in [-0.4, -0.2) is 19.9 Å². The lowest BCUT2D eigenvalue weighted by Crippen LogP contribution is -2.01. The van der Waals surface area contributed by atoms with Crippen LogP contribution in [0.25, 0.3) is 22.2 Å². The molecule has 0 bridgehead atoms. The monoisotopic (exact) mass is 281 g/mol. The number of hydrogen-bond acceptors (Lipinski definition) is 6. The Labute approximate surface area is 119 Å². The van der Waals surface area contributed by atoms with Gasteiger partial charge in [-0.25, -0.2) is 9.97 Å². The average Bonchev–Trinajstić information content (AvgIpc) is 2.46. The fraction of sp³-hybridized carbons (Fsp3) is 0.0714. The van der Waals surface area contributed by atoms with Crippen LogP contribution in [-0.2, 0) is 0 Å². The third kappa shape index (κ3) is 2.36. The van der Waals surface area contributed by atoms with Crippen LogP contribution in [0.5, 0.6) is 0 Å². The minimum Gasteiger partial charge on any atom is -0.368 e. The molecule has 0 amide bonds. The second-order valence-corrected chi connectivity index (χ2v) is 4.58. The minimum absolute atomic E-state index is 0.00210. The molecule has 0 spiro atoms. The molecule has 0 atom stereocenters. The van der Waals surface area contributed by atoms with E-state index in [2.05, 4.69) is 15.0 Å². The predicted molar refractivity (Wildman–Crippen MR) is 78.6 cm³/mol. The van der Waals surface area contributed by atoms with Gasteiger partial charge >= 0.3 is 5.69 Å². The highest BCUT2D eigenvalue weighted by Gasteiger charge is 2.18. The van der Waals surface area contributed by atoms with Crippen molar-refractivity contribution in [3.8, 4) is 11.3 Å². The van der Waals surface area contributed by atoms with Gasteiger partial charge in [0.05, 0.1) is 10.4 Å². The lowest BCUT2D eigenvalue weighted by atomic mass is 10.1. The van der Waals surface area contributed by atoms with Crippen molar-refractivity contribution < 1.29 is 4.92 Å². The summed E-state index contributed by atoms with van der Waals surface area (Å²) < 4.78 is 0. The highest BCUT2D eigenvalue weighted by molar-refractivity contribution is 5.85. The molecule has 2 aromatic heterocycles. The molecule has 0 saturated carbocycles. The first kappa shape index (κ1) is 12.9. The van der Waals surface area contributed by atoms with Crippen molar-refractivity contribution in [3.05, 3.63) is 52.3 Å². The molecule has 0 radical (unpaired) electrons. The van der Waals surface area contributed by atoms with Crippen LogP contribution in [0.3, 0.4) is 0 Å². The molecule has 0 saturated heterocycles. The molecule has 3 aromatic rings. The van der Waals surface area contributed by atoms with Gasteiger partial charge in [0.25, 0.3) is 0 Å².